The minimum atomic E-state index is -0.993. The number of anilines is 1. The number of hydrogen-bond donors (Lipinski definition) is 2. The van der Waals surface area contributed by atoms with Crippen LogP contribution >= 0.6 is 0 Å². The molecule has 2 aliphatic heterocycles. The van der Waals surface area contributed by atoms with Crippen LogP contribution in [-0.2, 0) is 16.1 Å². The number of fused-ring (bicyclic) bond motifs is 2. The van der Waals surface area contributed by atoms with E-state index in [0.29, 0.717) is 12.4 Å². The summed E-state index contributed by atoms with van der Waals surface area (Å²) in [5.74, 6) is -0.410. The van der Waals surface area contributed by atoms with Gasteiger partial charge in [-0.15, -0.1) is 0 Å². The summed E-state index contributed by atoms with van der Waals surface area (Å²) in [5.41, 5.74) is 1.65. The van der Waals surface area contributed by atoms with Gasteiger partial charge in [-0.05, 0) is 37.1 Å². The molecule has 1 aromatic rings. The Bertz CT molecular complexity index is 597. The molecule has 0 aromatic carbocycles. The van der Waals surface area contributed by atoms with Crippen molar-refractivity contribution in [2.45, 2.75) is 25.4 Å². The molecular formula is C14H15N3O3. The van der Waals surface area contributed by atoms with Gasteiger partial charge >= 0.3 is 5.97 Å². The first-order chi connectivity index (χ1) is 9.63. The van der Waals surface area contributed by atoms with Gasteiger partial charge in [0, 0.05) is 24.4 Å². The third-order valence-corrected chi connectivity index (χ3v) is 3.69. The minimum Gasteiger partial charge on any atom is -0.478 e. The fraction of sp³-hybridized carbons (Fsp3) is 0.357. The summed E-state index contributed by atoms with van der Waals surface area (Å²) >= 11 is 0. The van der Waals surface area contributed by atoms with E-state index >= 15 is 0 Å². The first-order valence-electron chi connectivity index (χ1n) is 6.58. The number of pyridine rings is 1. The Morgan fingerprint density at radius 1 is 1.55 bits per heavy atom. The number of hydrogen-bond acceptors (Lipinski definition) is 4. The lowest BCUT2D eigenvalue weighted by Crippen LogP contribution is -2.36. The van der Waals surface area contributed by atoms with E-state index in [-0.39, 0.29) is 11.9 Å². The number of aliphatic carboxylic acids is 1. The highest BCUT2D eigenvalue weighted by atomic mass is 16.4. The van der Waals surface area contributed by atoms with Crippen molar-refractivity contribution in [3.05, 3.63) is 29.5 Å². The van der Waals surface area contributed by atoms with Crippen LogP contribution in [0.5, 0.6) is 0 Å². The quantitative estimate of drug-likeness (QED) is 0.788. The number of carbonyl (C=O) groups is 2. The molecule has 3 rings (SSSR count). The number of nitrogens with one attached hydrogen (secondary N) is 1. The summed E-state index contributed by atoms with van der Waals surface area (Å²) in [4.78, 5) is 29.0. The van der Waals surface area contributed by atoms with Crippen molar-refractivity contribution in [3.8, 4) is 0 Å². The first-order valence-corrected chi connectivity index (χ1v) is 6.58. The number of amides is 1. The van der Waals surface area contributed by atoms with Crippen LogP contribution in [0.25, 0.3) is 6.08 Å². The van der Waals surface area contributed by atoms with Crippen LogP contribution in [0.3, 0.4) is 0 Å². The van der Waals surface area contributed by atoms with Gasteiger partial charge in [0.1, 0.15) is 5.82 Å². The molecule has 6 nitrogen and oxygen atoms in total. The largest absolute Gasteiger partial charge is 0.478 e. The smallest absolute Gasteiger partial charge is 0.328 e. The van der Waals surface area contributed by atoms with Crippen LogP contribution in [0, 0.1) is 0 Å². The average Bonchev–Trinajstić information content (AvgIpc) is 2.82. The molecule has 1 saturated heterocycles. The van der Waals surface area contributed by atoms with Gasteiger partial charge in [0.25, 0.3) is 0 Å². The SMILES string of the molecule is O=C(O)C=Cc1cnc2c(c1)CN1CCC[C@H]1C(=O)N2. The Morgan fingerprint density at radius 2 is 2.40 bits per heavy atom. The van der Waals surface area contributed by atoms with E-state index in [2.05, 4.69) is 15.2 Å². The van der Waals surface area contributed by atoms with Gasteiger partial charge in [-0.1, -0.05) is 0 Å². The molecule has 104 valence electrons. The maximum Gasteiger partial charge on any atom is 0.328 e. The van der Waals surface area contributed by atoms with Crippen LogP contribution < -0.4 is 5.32 Å². The topological polar surface area (TPSA) is 82.5 Å². The average molecular weight is 273 g/mol. The molecule has 20 heavy (non-hydrogen) atoms. The monoisotopic (exact) mass is 273 g/mol. The number of rotatable bonds is 2. The predicted octanol–water partition coefficient (Wildman–Crippen LogP) is 1.10. The summed E-state index contributed by atoms with van der Waals surface area (Å²) in [6.45, 7) is 1.58. The van der Waals surface area contributed by atoms with Gasteiger partial charge in [0.15, 0.2) is 0 Å². The number of nitrogens with zero attached hydrogens (tertiary/aromatic N) is 2. The third-order valence-electron chi connectivity index (χ3n) is 3.69. The highest BCUT2D eigenvalue weighted by Crippen LogP contribution is 2.27. The van der Waals surface area contributed by atoms with Gasteiger partial charge in [0.2, 0.25) is 5.91 Å². The highest BCUT2D eigenvalue weighted by molar-refractivity contribution is 5.95. The number of carboxylic acid groups (broad SMARTS) is 1. The lowest BCUT2D eigenvalue weighted by Gasteiger charge is -2.19. The van der Waals surface area contributed by atoms with Gasteiger partial charge in [0.05, 0.1) is 6.04 Å². The van der Waals surface area contributed by atoms with Crippen molar-refractivity contribution in [3.63, 3.8) is 0 Å². The van der Waals surface area contributed by atoms with Crippen LogP contribution in [-0.4, -0.2) is 39.5 Å². The molecule has 2 N–H and O–H groups in total. The molecule has 2 aliphatic rings. The number of carboxylic acids is 1. The second-order valence-electron chi connectivity index (χ2n) is 5.07. The molecule has 3 heterocycles. The first kappa shape index (κ1) is 12.8. The summed E-state index contributed by atoms with van der Waals surface area (Å²) < 4.78 is 0. The Kier molecular flexibility index (Phi) is 3.23. The standard InChI is InChI=1S/C14H15N3O3/c18-12(19)4-3-9-6-10-8-17-5-1-2-11(17)14(20)16-13(10)15-7-9/h3-4,6-7,11H,1-2,5,8H2,(H,18,19)(H,15,16,20)/t11-/m0/s1. The fourth-order valence-electron chi connectivity index (χ4n) is 2.75. The molecule has 1 amide bonds. The predicted molar refractivity (Wildman–Crippen MR) is 73.0 cm³/mol. The highest BCUT2D eigenvalue weighted by Gasteiger charge is 2.34. The van der Waals surface area contributed by atoms with Gasteiger partial charge in [-0.2, -0.15) is 0 Å². The van der Waals surface area contributed by atoms with Crippen molar-refractivity contribution in [2.75, 3.05) is 11.9 Å². The molecule has 0 spiro atoms. The molecule has 0 bridgehead atoms. The van der Waals surface area contributed by atoms with Crippen molar-refractivity contribution in [2.24, 2.45) is 0 Å². The molecule has 1 aromatic heterocycles. The zero-order valence-electron chi connectivity index (χ0n) is 10.9. The zero-order chi connectivity index (χ0) is 14.1. The normalized spacial score (nSPS) is 22.2. The second kappa shape index (κ2) is 5.05. The molecule has 1 fully saturated rings. The van der Waals surface area contributed by atoms with Gasteiger partial charge in [-0.25, -0.2) is 9.78 Å². The Hall–Kier alpha value is -2.21. The van der Waals surface area contributed by atoms with Crippen molar-refractivity contribution in [1.29, 1.82) is 0 Å². The van der Waals surface area contributed by atoms with E-state index < -0.39 is 5.97 Å². The van der Waals surface area contributed by atoms with Gasteiger partial charge < -0.3 is 10.4 Å². The maximum atomic E-state index is 12.1. The molecule has 1 atom stereocenters. The van der Waals surface area contributed by atoms with E-state index in [9.17, 15) is 9.59 Å². The number of carbonyl (C=O) groups excluding carboxylic acids is 1. The van der Waals surface area contributed by atoms with Crippen LogP contribution in [0.2, 0.25) is 0 Å². The number of aromatic nitrogens is 1. The lowest BCUT2D eigenvalue weighted by atomic mass is 10.1. The van der Waals surface area contributed by atoms with Crippen LogP contribution in [0.15, 0.2) is 18.3 Å². The van der Waals surface area contributed by atoms with E-state index in [1.807, 2.05) is 6.07 Å². The summed E-state index contributed by atoms with van der Waals surface area (Å²) in [6.07, 6.45) is 6.06. The Morgan fingerprint density at radius 3 is 3.20 bits per heavy atom. The van der Waals surface area contributed by atoms with E-state index in [0.717, 1.165) is 36.6 Å². The molecule has 0 aliphatic carbocycles. The van der Waals surface area contributed by atoms with Crippen LogP contribution in [0.1, 0.15) is 24.0 Å². The fourth-order valence-corrected chi connectivity index (χ4v) is 2.75. The third kappa shape index (κ3) is 2.42. The second-order valence-corrected chi connectivity index (χ2v) is 5.07. The lowest BCUT2D eigenvalue weighted by molar-refractivity contribution is -0.131. The molecule has 0 radical (unpaired) electrons. The Labute approximate surface area is 116 Å². The minimum absolute atomic E-state index is 0.00239. The summed E-state index contributed by atoms with van der Waals surface area (Å²) in [5, 5.41) is 11.5. The summed E-state index contributed by atoms with van der Waals surface area (Å²) in [7, 11) is 0. The molecule has 6 heteroatoms. The van der Waals surface area contributed by atoms with Gasteiger partial charge in [-0.3, -0.25) is 9.69 Å². The van der Waals surface area contributed by atoms with E-state index in [4.69, 9.17) is 5.11 Å². The van der Waals surface area contributed by atoms with Crippen molar-refractivity contribution in [1.82, 2.24) is 9.88 Å². The van der Waals surface area contributed by atoms with Crippen molar-refractivity contribution >= 4 is 23.8 Å². The van der Waals surface area contributed by atoms with Crippen LogP contribution in [0.4, 0.5) is 5.82 Å². The molecule has 0 saturated carbocycles. The Balaban J connectivity index is 1.91. The van der Waals surface area contributed by atoms with E-state index in [1.165, 1.54) is 6.08 Å². The van der Waals surface area contributed by atoms with Crippen molar-refractivity contribution < 1.29 is 14.7 Å². The maximum absolute atomic E-state index is 12.1. The zero-order valence-corrected chi connectivity index (χ0v) is 10.9. The summed E-state index contributed by atoms with van der Waals surface area (Å²) in [6, 6.07) is 1.81. The van der Waals surface area contributed by atoms with E-state index in [1.54, 1.807) is 6.20 Å². The molecule has 0 unspecified atom stereocenters. The molecular weight excluding hydrogens is 258 g/mol.